The summed E-state index contributed by atoms with van der Waals surface area (Å²) in [7, 11) is 0. The highest BCUT2D eigenvalue weighted by molar-refractivity contribution is 5.96. The van der Waals surface area contributed by atoms with Crippen LogP contribution in [0.5, 0.6) is 0 Å². The molecule has 0 bridgehead atoms. The van der Waals surface area contributed by atoms with Gasteiger partial charge in [0.05, 0.1) is 0 Å². The second-order valence-corrected chi connectivity index (χ2v) is 8.18. The van der Waals surface area contributed by atoms with Crippen LogP contribution in [0.1, 0.15) is 45.2 Å². The van der Waals surface area contributed by atoms with Gasteiger partial charge in [-0.05, 0) is 49.9 Å². The van der Waals surface area contributed by atoms with Crippen LogP contribution < -0.4 is 5.32 Å². The number of hydrogen-bond donors (Lipinski definition) is 2. The summed E-state index contributed by atoms with van der Waals surface area (Å²) >= 11 is 0. The maximum atomic E-state index is 13.4. The summed E-state index contributed by atoms with van der Waals surface area (Å²) in [5.74, 6) is -1.48. The van der Waals surface area contributed by atoms with Crippen molar-refractivity contribution in [3.8, 4) is 0 Å². The molecule has 154 valence electrons. The molecule has 0 saturated carbocycles. The van der Waals surface area contributed by atoms with Gasteiger partial charge in [-0.3, -0.25) is 4.79 Å². The number of nitrogens with one attached hydrogen (secondary N) is 1. The maximum Gasteiger partial charge on any atom is 0.408 e. The lowest BCUT2D eigenvalue weighted by molar-refractivity contribution is -0.149. The van der Waals surface area contributed by atoms with Crippen LogP contribution in [0, 0.1) is 0 Å². The van der Waals surface area contributed by atoms with Crippen molar-refractivity contribution in [2.45, 2.75) is 51.3 Å². The van der Waals surface area contributed by atoms with Gasteiger partial charge in [-0.25, -0.2) is 9.59 Å². The SMILES string of the molecule is CC(C)(C)OC(=O)N[C@H](C(=O)N1CCC[C@H]1C(=O)O)c1cccc2ccccc12. The standard InChI is InChI=1S/C22H26N2O5/c1-22(2,3)29-21(28)23-18(19(25)24-13-7-12-17(24)20(26)27)16-11-6-9-14-8-4-5-10-15(14)16/h4-6,8-11,17-18H,7,12-13H2,1-3H3,(H,23,28)(H,26,27)/t17-,18-/m0/s1. The number of aliphatic carboxylic acids is 1. The van der Waals surface area contributed by atoms with Crippen molar-refractivity contribution in [1.29, 1.82) is 0 Å². The summed E-state index contributed by atoms with van der Waals surface area (Å²) in [6.45, 7) is 5.56. The van der Waals surface area contributed by atoms with Gasteiger partial charge in [0.25, 0.3) is 5.91 Å². The number of rotatable bonds is 4. The fourth-order valence-electron chi connectivity index (χ4n) is 3.65. The normalized spacial score (nSPS) is 17.8. The minimum Gasteiger partial charge on any atom is -0.480 e. The highest BCUT2D eigenvalue weighted by atomic mass is 16.6. The number of ether oxygens (including phenoxy) is 1. The highest BCUT2D eigenvalue weighted by Crippen LogP contribution is 2.29. The minimum atomic E-state index is -1.05. The molecule has 0 aliphatic carbocycles. The number of amides is 2. The minimum absolute atomic E-state index is 0.340. The molecule has 29 heavy (non-hydrogen) atoms. The topological polar surface area (TPSA) is 95.9 Å². The van der Waals surface area contributed by atoms with E-state index in [-0.39, 0.29) is 0 Å². The lowest BCUT2D eigenvalue weighted by atomic mass is 9.97. The number of fused-ring (bicyclic) bond motifs is 1. The number of carboxylic acids is 1. The molecule has 2 aromatic carbocycles. The van der Waals surface area contributed by atoms with Crippen molar-refractivity contribution >= 4 is 28.7 Å². The van der Waals surface area contributed by atoms with E-state index in [1.165, 1.54) is 4.90 Å². The Morgan fingerprint density at radius 2 is 1.83 bits per heavy atom. The predicted molar refractivity (Wildman–Crippen MR) is 108 cm³/mol. The molecule has 1 aliphatic heterocycles. The van der Waals surface area contributed by atoms with Gasteiger partial charge in [-0.2, -0.15) is 0 Å². The van der Waals surface area contributed by atoms with Crippen molar-refractivity contribution < 1.29 is 24.2 Å². The largest absolute Gasteiger partial charge is 0.480 e. The van der Waals surface area contributed by atoms with Crippen molar-refractivity contribution in [2.75, 3.05) is 6.54 Å². The molecule has 3 rings (SSSR count). The number of alkyl carbamates (subject to hydrolysis) is 1. The summed E-state index contributed by atoms with van der Waals surface area (Å²) in [6, 6.07) is 11.1. The van der Waals surface area contributed by atoms with Gasteiger partial charge >= 0.3 is 12.1 Å². The molecule has 0 radical (unpaired) electrons. The Labute approximate surface area is 169 Å². The summed E-state index contributed by atoms with van der Waals surface area (Å²) in [5.41, 5.74) is -0.122. The summed E-state index contributed by atoms with van der Waals surface area (Å²) in [5, 5.41) is 13.9. The zero-order chi connectivity index (χ0) is 21.2. The van der Waals surface area contributed by atoms with Gasteiger partial charge in [0.2, 0.25) is 0 Å². The zero-order valence-electron chi connectivity index (χ0n) is 16.8. The van der Waals surface area contributed by atoms with Crippen LogP contribution in [0.4, 0.5) is 4.79 Å². The van der Waals surface area contributed by atoms with Gasteiger partial charge in [0.15, 0.2) is 0 Å². The fraction of sp³-hybridized carbons (Fsp3) is 0.409. The molecular formula is C22H26N2O5. The molecule has 2 atom stereocenters. The van der Waals surface area contributed by atoms with E-state index in [0.29, 0.717) is 24.9 Å². The average molecular weight is 398 g/mol. The van der Waals surface area contributed by atoms with Gasteiger partial charge in [-0.15, -0.1) is 0 Å². The van der Waals surface area contributed by atoms with E-state index >= 15 is 0 Å². The van der Waals surface area contributed by atoms with Crippen LogP contribution in [0.2, 0.25) is 0 Å². The summed E-state index contributed by atoms with van der Waals surface area (Å²) in [6.07, 6.45) is 0.280. The van der Waals surface area contributed by atoms with E-state index in [9.17, 15) is 19.5 Å². The molecule has 0 aromatic heterocycles. The smallest absolute Gasteiger partial charge is 0.408 e. The van der Waals surface area contributed by atoms with Crippen LogP contribution in [0.25, 0.3) is 10.8 Å². The molecule has 1 saturated heterocycles. The molecule has 1 heterocycles. The van der Waals surface area contributed by atoms with Crippen LogP contribution in [-0.4, -0.2) is 46.2 Å². The van der Waals surface area contributed by atoms with E-state index in [1.54, 1.807) is 26.8 Å². The van der Waals surface area contributed by atoms with Gasteiger partial charge in [-0.1, -0.05) is 42.5 Å². The van der Waals surface area contributed by atoms with Gasteiger partial charge < -0.3 is 20.1 Å². The van der Waals surface area contributed by atoms with Crippen molar-refractivity contribution in [3.05, 3.63) is 48.0 Å². The van der Waals surface area contributed by atoms with E-state index < -0.39 is 35.7 Å². The molecule has 1 fully saturated rings. The predicted octanol–water partition coefficient (Wildman–Crippen LogP) is 3.48. The molecule has 0 spiro atoms. The highest BCUT2D eigenvalue weighted by Gasteiger charge is 2.39. The zero-order valence-corrected chi connectivity index (χ0v) is 16.8. The average Bonchev–Trinajstić information content (AvgIpc) is 3.14. The Kier molecular flexibility index (Phi) is 5.77. The van der Waals surface area contributed by atoms with E-state index in [4.69, 9.17) is 4.74 Å². The van der Waals surface area contributed by atoms with Crippen LogP contribution in [-0.2, 0) is 14.3 Å². The van der Waals surface area contributed by atoms with Crippen molar-refractivity contribution in [1.82, 2.24) is 10.2 Å². The second kappa shape index (κ2) is 8.11. The summed E-state index contributed by atoms with van der Waals surface area (Å²) in [4.78, 5) is 38.8. The summed E-state index contributed by atoms with van der Waals surface area (Å²) < 4.78 is 5.35. The Morgan fingerprint density at radius 3 is 2.52 bits per heavy atom. The molecule has 7 heteroatoms. The Morgan fingerprint density at radius 1 is 1.14 bits per heavy atom. The first kappa shape index (κ1) is 20.6. The van der Waals surface area contributed by atoms with E-state index in [2.05, 4.69) is 5.32 Å². The Balaban J connectivity index is 2.01. The monoisotopic (exact) mass is 398 g/mol. The molecule has 1 aliphatic rings. The van der Waals surface area contributed by atoms with E-state index in [1.807, 2.05) is 36.4 Å². The first-order chi connectivity index (χ1) is 13.7. The quantitative estimate of drug-likeness (QED) is 0.822. The molecule has 7 nitrogen and oxygen atoms in total. The Hall–Kier alpha value is -3.09. The fourth-order valence-corrected chi connectivity index (χ4v) is 3.65. The maximum absolute atomic E-state index is 13.4. The molecule has 2 aromatic rings. The van der Waals surface area contributed by atoms with Crippen molar-refractivity contribution in [3.63, 3.8) is 0 Å². The number of nitrogens with zero attached hydrogens (tertiary/aromatic N) is 1. The van der Waals surface area contributed by atoms with Crippen LogP contribution in [0.3, 0.4) is 0 Å². The number of benzene rings is 2. The lowest BCUT2D eigenvalue weighted by Crippen LogP contribution is -2.48. The first-order valence-electron chi connectivity index (χ1n) is 9.68. The third-order valence-corrected chi connectivity index (χ3v) is 4.86. The van der Waals surface area contributed by atoms with E-state index in [0.717, 1.165) is 10.8 Å². The van der Waals surface area contributed by atoms with Crippen LogP contribution >= 0.6 is 0 Å². The second-order valence-electron chi connectivity index (χ2n) is 8.18. The van der Waals surface area contributed by atoms with Gasteiger partial charge in [0.1, 0.15) is 17.7 Å². The number of carbonyl (C=O) groups excluding carboxylic acids is 2. The molecule has 2 N–H and O–H groups in total. The Bertz CT molecular complexity index is 929. The van der Waals surface area contributed by atoms with Crippen molar-refractivity contribution in [2.24, 2.45) is 0 Å². The number of carbonyl (C=O) groups is 3. The number of hydrogen-bond acceptors (Lipinski definition) is 4. The third kappa shape index (κ3) is 4.67. The number of carboxylic acid groups (broad SMARTS) is 1. The molecular weight excluding hydrogens is 372 g/mol. The first-order valence-corrected chi connectivity index (χ1v) is 9.68. The van der Waals surface area contributed by atoms with Crippen LogP contribution in [0.15, 0.2) is 42.5 Å². The lowest BCUT2D eigenvalue weighted by Gasteiger charge is -2.29. The number of likely N-dealkylation sites (tertiary alicyclic amines) is 1. The molecule has 0 unspecified atom stereocenters. The third-order valence-electron chi connectivity index (χ3n) is 4.86. The molecule has 2 amide bonds. The van der Waals surface area contributed by atoms with Gasteiger partial charge in [0, 0.05) is 6.54 Å².